The Morgan fingerprint density at radius 3 is 2.88 bits per heavy atom. The fourth-order valence-electron chi connectivity index (χ4n) is 2.47. The van der Waals surface area contributed by atoms with Crippen molar-refractivity contribution in [2.75, 3.05) is 0 Å². The molecule has 1 atom stereocenters. The van der Waals surface area contributed by atoms with Crippen LogP contribution in [0.1, 0.15) is 25.6 Å². The van der Waals surface area contributed by atoms with Crippen LogP contribution >= 0.6 is 0 Å². The highest BCUT2D eigenvalue weighted by Crippen LogP contribution is 2.34. The molecule has 3 heteroatoms. The maximum atomic E-state index is 10.0. The predicted molar refractivity (Wildman–Crippen MR) is 67.8 cm³/mol. The number of fused-ring (bicyclic) bond motifs is 1. The Kier molecular flexibility index (Phi) is 2.63. The molecule has 0 aliphatic heterocycles. The number of rotatable bonds is 4. The molecule has 1 unspecified atom stereocenters. The summed E-state index contributed by atoms with van der Waals surface area (Å²) in [6, 6.07) is 8.18. The summed E-state index contributed by atoms with van der Waals surface area (Å²) in [5, 5.41) is 10.0. The van der Waals surface area contributed by atoms with Crippen molar-refractivity contribution in [1.29, 1.82) is 0 Å². The maximum absolute atomic E-state index is 10.0. The molecule has 1 aromatic heterocycles. The van der Waals surface area contributed by atoms with Gasteiger partial charge in [-0.25, -0.2) is 4.98 Å². The topological polar surface area (TPSA) is 38.0 Å². The summed E-state index contributed by atoms with van der Waals surface area (Å²) in [4.78, 5) is 4.64. The third kappa shape index (κ3) is 1.95. The quantitative estimate of drug-likeness (QED) is 0.875. The second-order valence-electron chi connectivity index (χ2n) is 4.87. The van der Waals surface area contributed by atoms with E-state index in [1.807, 2.05) is 18.2 Å². The summed E-state index contributed by atoms with van der Waals surface area (Å²) >= 11 is 0. The van der Waals surface area contributed by atoms with Gasteiger partial charge in [0.1, 0.15) is 5.82 Å². The van der Waals surface area contributed by atoms with Crippen molar-refractivity contribution in [2.45, 2.75) is 38.8 Å². The summed E-state index contributed by atoms with van der Waals surface area (Å²) < 4.78 is 2.21. The van der Waals surface area contributed by atoms with Crippen molar-refractivity contribution >= 4 is 11.0 Å². The standard InChI is InChI=1S/C14H18N2O/c1-2-16-12-6-4-3-5-11(12)15-14(16)9-13(17)10-7-8-10/h3-6,10,13,17H,2,7-9H2,1H3. The van der Waals surface area contributed by atoms with Gasteiger partial charge in [-0.15, -0.1) is 0 Å². The molecule has 0 spiro atoms. The second kappa shape index (κ2) is 4.15. The number of aliphatic hydroxyl groups excluding tert-OH is 1. The van der Waals surface area contributed by atoms with Crippen molar-refractivity contribution in [3.8, 4) is 0 Å². The van der Waals surface area contributed by atoms with Crippen LogP contribution in [0.2, 0.25) is 0 Å². The Balaban J connectivity index is 1.96. The SMILES string of the molecule is CCn1c(CC(O)C2CC2)nc2ccccc21. The number of benzene rings is 1. The smallest absolute Gasteiger partial charge is 0.112 e. The first-order chi connectivity index (χ1) is 8.29. The molecule has 1 aliphatic rings. The maximum Gasteiger partial charge on any atom is 0.112 e. The summed E-state index contributed by atoms with van der Waals surface area (Å²) in [7, 11) is 0. The van der Waals surface area contributed by atoms with Gasteiger partial charge in [-0.05, 0) is 37.8 Å². The Hall–Kier alpha value is -1.35. The molecule has 2 aromatic rings. The van der Waals surface area contributed by atoms with Gasteiger partial charge in [0.15, 0.2) is 0 Å². The van der Waals surface area contributed by atoms with Gasteiger partial charge in [-0.1, -0.05) is 12.1 Å². The Bertz CT molecular complexity index is 528. The van der Waals surface area contributed by atoms with E-state index in [9.17, 15) is 5.11 Å². The molecule has 90 valence electrons. The highest BCUT2D eigenvalue weighted by molar-refractivity contribution is 5.75. The van der Waals surface area contributed by atoms with Crippen molar-refractivity contribution in [1.82, 2.24) is 9.55 Å². The average Bonchev–Trinajstić information content (AvgIpc) is 3.11. The predicted octanol–water partition coefficient (Wildman–Crippen LogP) is 2.37. The molecule has 1 aliphatic carbocycles. The first-order valence-corrected chi connectivity index (χ1v) is 6.41. The number of aliphatic hydroxyl groups is 1. The molecule has 17 heavy (non-hydrogen) atoms. The van der Waals surface area contributed by atoms with Gasteiger partial charge in [0.2, 0.25) is 0 Å². The number of para-hydroxylation sites is 2. The third-order valence-corrected chi connectivity index (χ3v) is 3.61. The van der Waals surface area contributed by atoms with Crippen molar-refractivity contribution in [2.24, 2.45) is 5.92 Å². The molecular formula is C14H18N2O. The number of hydrogen-bond donors (Lipinski definition) is 1. The zero-order chi connectivity index (χ0) is 11.8. The van der Waals surface area contributed by atoms with E-state index >= 15 is 0 Å². The number of hydrogen-bond acceptors (Lipinski definition) is 2. The van der Waals surface area contributed by atoms with Crippen LogP contribution in [0.15, 0.2) is 24.3 Å². The van der Waals surface area contributed by atoms with Crippen LogP contribution in [0.4, 0.5) is 0 Å². The van der Waals surface area contributed by atoms with Gasteiger partial charge >= 0.3 is 0 Å². The lowest BCUT2D eigenvalue weighted by Crippen LogP contribution is -2.16. The summed E-state index contributed by atoms with van der Waals surface area (Å²) in [6.45, 7) is 3.04. The molecule has 1 N–H and O–H groups in total. The lowest BCUT2D eigenvalue weighted by molar-refractivity contribution is 0.148. The second-order valence-corrected chi connectivity index (χ2v) is 4.87. The zero-order valence-corrected chi connectivity index (χ0v) is 10.1. The number of nitrogens with zero attached hydrogens (tertiary/aromatic N) is 2. The van der Waals surface area contributed by atoms with E-state index in [2.05, 4.69) is 22.5 Å². The Morgan fingerprint density at radius 1 is 1.41 bits per heavy atom. The fourth-order valence-corrected chi connectivity index (χ4v) is 2.47. The average molecular weight is 230 g/mol. The van der Waals surface area contributed by atoms with E-state index < -0.39 is 0 Å². The molecule has 0 saturated heterocycles. The van der Waals surface area contributed by atoms with Gasteiger partial charge in [0.05, 0.1) is 17.1 Å². The molecule has 1 aromatic carbocycles. The monoisotopic (exact) mass is 230 g/mol. The van der Waals surface area contributed by atoms with Crippen LogP contribution in [0, 0.1) is 5.92 Å². The zero-order valence-electron chi connectivity index (χ0n) is 10.1. The van der Waals surface area contributed by atoms with E-state index in [4.69, 9.17) is 0 Å². The Morgan fingerprint density at radius 2 is 2.18 bits per heavy atom. The van der Waals surface area contributed by atoms with E-state index in [0.29, 0.717) is 12.3 Å². The lowest BCUT2D eigenvalue weighted by Gasteiger charge is -2.10. The van der Waals surface area contributed by atoms with E-state index in [1.54, 1.807) is 0 Å². The van der Waals surface area contributed by atoms with Gasteiger partial charge in [-0.2, -0.15) is 0 Å². The van der Waals surface area contributed by atoms with Gasteiger partial charge in [0.25, 0.3) is 0 Å². The third-order valence-electron chi connectivity index (χ3n) is 3.61. The summed E-state index contributed by atoms with van der Waals surface area (Å²) in [6.07, 6.45) is 2.82. The highest BCUT2D eigenvalue weighted by atomic mass is 16.3. The first kappa shape index (κ1) is 10.8. The van der Waals surface area contributed by atoms with E-state index in [0.717, 1.165) is 17.9 Å². The molecule has 0 bridgehead atoms. The van der Waals surface area contributed by atoms with Gasteiger partial charge < -0.3 is 9.67 Å². The Labute approximate surface area is 101 Å². The van der Waals surface area contributed by atoms with E-state index in [1.165, 1.54) is 18.4 Å². The van der Waals surface area contributed by atoms with Crippen LogP contribution in [-0.2, 0) is 13.0 Å². The first-order valence-electron chi connectivity index (χ1n) is 6.41. The van der Waals surface area contributed by atoms with Crippen molar-refractivity contribution in [3.05, 3.63) is 30.1 Å². The fraction of sp³-hybridized carbons (Fsp3) is 0.500. The molecule has 0 amide bonds. The summed E-state index contributed by atoms with van der Waals surface area (Å²) in [5.74, 6) is 1.54. The molecule has 0 radical (unpaired) electrons. The normalized spacial score (nSPS) is 17.5. The number of imidazole rings is 1. The minimum Gasteiger partial charge on any atom is -0.392 e. The molecule has 3 rings (SSSR count). The largest absolute Gasteiger partial charge is 0.392 e. The molecule has 1 saturated carbocycles. The van der Waals surface area contributed by atoms with Gasteiger partial charge in [-0.3, -0.25) is 0 Å². The molecule has 1 heterocycles. The highest BCUT2D eigenvalue weighted by Gasteiger charge is 2.30. The van der Waals surface area contributed by atoms with Crippen LogP contribution in [0.25, 0.3) is 11.0 Å². The minimum absolute atomic E-state index is 0.211. The van der Waals surface area contributed by atoms with Crippen molar-refractivity contribution in [3.63, 3.8) is 0 Å². The summed E-state index contributed by atoms with van der Waals surface area (Å²) in [5.41, 5.74) is 2.21. The van der Waals surface area contributed by atoms with Crippen molar-refractivity contribution < 1.29 is 5.11 Å². The molecular weight excluding hydrogens is 212 g/mol. The molecule has 3 nitrogen and oxygen atoms in total. The van der Waals surface area contributed by atoms with Gasteiger partial charge in [0, 0.05) is 13.0 Å². The number of aromatic nitrogens is 2. The lowest BCUT2D eigenvalue weighted by atomic mass is 10.1. The minimum atomic E-state index is -0.211. The van der Waals surface area contributed by atoms with Crippen LogP contribution < -0.4 is 0 Å². The van der Waals surface area contributed by atoms with Crippen LogP contribution in [0.3, 0.4) is 0 Å². The van der Waals surface area contributed by atoms with Crippen LogP contribution in [0.5, 0.6) is 0 Å². The number of aryl methyl sites for hydroxylation is 1. The van der Waals surface area contributed by atoms with E-state index in [-0.39, 0.29) is 6.10 Å². The molecule has 1 fully saturated rings. The van der Waals surface area contributed by atoms with Crippen LogP contribution in [-0.4, -0.2) is 20.8 Å².